The fourth-order valence-corrected chi connectivity index (χ4v) is 3.63. The van der Waals surface area contributed by atoms with E-state index >= 15 is 0 Å². The highest BCUT2D eigenvalue weighted by Gasteiger charge is 2.25. The molecule has 2 nitrogen and oxygen atoms in total. The summed E-state index contributed by atoms with van der Waals surface area (Å²) in [6.07, 6.45) is 0.616. The fourth-order valence-electron chi connectivity index (χ4n) is 1.51. The number of rotatable bonds is 0. The van der Waals surface area contributed by atoms with E-state index in [0.29, 0.717) is 16.2 Å². The summed E-state index contributed by atoms with van der Waals surface area (Å²) in [5.41, 5.74) is 0.832. The van der Waals surface area contributed by atoms with Crippen LogP contribution in [0.5, 0.6) is 0 Å². The van der Waals surface area contributed by atoms with Crippen molar-refractivity contribution in [1.82, 2.24) is 0 Å². The minimum Gasteiger partial charge on any atom is -0.223 e. The average Bonchev–Trinajstić information content (AvgIpc) is 2.02. The van der Waals surface area contributed by atoms with Gasteiger partial charge in [0.1, 0.15) is 0 Å². The summed E-state index contributed by atoms with van der Waals surface area (Å²) in [5, 5.41) is 0. The monoisotopic (exact) mass is 212 g/mol. The van der Waals surface area contributed by atoms with Gasteiger partial charge in [0.15, 0.2) is 9.84 Å². The summed E-state index contributed by atoms with van der Waals surface area (Å²) in [4.78, 5) is 1.06. The highest BCUT2D eigenvalue weighted by atomic mass is 32.2. The van der Waals surface area contributed by atoms with Gasteiger partial charge in [-0.05, 0) is 11.6 Å². The van der Waals surface area contributed by atoms with Gasteiger partial charge in [-0.15, -0.1) is 0 Å². The number of benzene rings is 1. The zero-order valence-electron chi connectivity index (χ0n) is 6.86. The van der Waals surface area contributed by atoms with Crippen LogP contribution in [0.25, 0.3) is 0 Å². The van der Waals surface area contributed by atoms with Crippen molar-refractivity contribution >= 4 is 26.9 Å². The predicted molar refractivity (Wildman–Crippen MR) is 54.8 cm³/mol. The van der Waals surface area contributed by atoms with E-state index in [0.717, 1.165) is 5.56 Å². The molecule has 1 heterocycles. The molecule has 0 spiro atoms. The SMILES string of the molecule is O=S1(=O)CC(=S)Cc2ccccc21. The van der Waals surface area contributed by atoms with Crippen LogP contribution in [0.15, 0.2) is 29.2 Å². The normalized spacial score (nSPS) is 19.5. The topological polar surface area (TPSA) is 34.1 Å². The van der Waals surface area contributed by atoms with E-state index in [9.17, 15) is 8.42 Å². The van der Waals surface area contributed by atoms with Gasteiger partial charge >= 0.3 is 0 Å². The van der Waals surface area contributed by atoms with E-state index in [2.05, 4.69) is 0 Å². The minimum atomic E-state index is -3.13. The molecule has 1 aliphatic rings. The molecule has 4 heteroatoms. The average molecular weight is 212 g/mol. The number of thiocarbonyl (C=S) groups is 1. The predicted octanol–water partition coefficient (Wildman–Crippen LogP) is 1.39. The lowest BCUT2D eigenvalue weighted by atomic mass is 10.1. The molecule has 0 unspecified atom stereocenters. The van der Waals surface area contributed by atoms with Crippen LogP contribution in [0.4, 0.5) is 0 Å². The van der Waals surface area contributed by atoms with Crippen molar-refractivity contribution in [1.29, 1.82) is 0 Å². The van der Waals surface area contributed by atoms with E-state index in [1.54, 1.807) is 12.1 Å². The third kappa shape index (κ3) is 1.51. The molecular formula is C9H8O2S2. The molecule has 0 aromatic heterocycles. The molecule has 0 fully saturated rings. The number of fused-ring (bicyclic) bond motifs is 1. The summed E-state index contributed by atoms with van der Waals surface area (Å²) in [5.74, 6) is 0.0271. The van der Waals surface area contributed by atoms with Gasteiger partial charge in [0.25, 0.3) is 0 Å². The molecule has 0 radical (unpaired) electrons. The van der Waals surface area contributed by atoms with Gasteiger partial charge in [0, 0.05) is 11.3 Å². The quantitative estimate of drug-likeness (QED) is 0.609. The van der Waals surface area contributed by atoms with Gasteiger partial charge in [-0.3, -0.25) is 0 Å². The lowest BCUT2D eigenvalue weighted by molar-refractivity contribution is 0.598. The Balaban J connectivity index is 2.70. The van der Waals surface area contributed by atoms with Gasteiger partial charge in [0.05, 0.1) is 10.6 Å². The largest absolute Gasteiger partial charge is 0.223 e. The lowest BCUT2D eigenvalue weighted by Crippen LogP contribution is -2.23. The molecule has 0 amide bonds. The number of hydrogen-bond donors (Lipinski definition) is 0. The van der Waals surface area contributed by atoms with Crippen LogP contribution < -0.4 is 0 Å². The van der Waals surface area contributed by atoms with E-state index in [1.165, 1.54) is 0 Å². The van der Waals surface area contributed by atoms with E-state index < -0.39 is 9.84 Å². The zero-order chi connectivity index (χ0) is 9.47. The highest BCUT2D eigenvalue weighted by Crippen LogP contribution is 2.23. The maximum absolute atomic E-state index is 11.6. The van der Waals surface area contributed by atoms with Crippen molar-refractivity contribution in [3.8, 4) is 0 Å². The second kappa shape index (κ2) is 2.89. The van der Waals surface area contributed by atoms with Gasteiger partial charge in [-0.25, -0.2) is 8.42 Å². The summed E-state index contributed by atoms with van der Waals surface area (Å²) in [7, 11) is -3.13. The summed E-state index contributed by atoms with van der Waals surface area (Å²) in [6, 6.07) is 7.04. The zero-order valence-corrected chi connectivity index (χ0v) is 8.49. The smallest absolute Gasteiger partial charge is 0.183 e. The standard InChI is InChI=1S/C9H8O2S2/c10-13(11)6-8(12)5-7-3-1-2-4-9(7)13/h1-4H,5-6H2. The highest BCUT2D eigenvalue weighted by molar-refractivity contribution is 7.94. The molecular weight excluding hydrogens is 204 g/mol. The van der Waals surface area contributed by atoms with Crippen LogP contribution in [-0.2, 0) is 16.3 Å². The van der Waals surface area contributed by atoms with Crippen molar-refractivity contribution in [2.24, 2.45) is 0 Å². The fraction of sp³-hybridized carbons (Fsp3) is 0.222. The van der Waals surface area contributed by atoms with Crippen LogP contribution in [0, 0.1) is 0 Å². The Labute approximate surface area is 82.5 Å². The Morgan fingerprint density at radius 1 is 1.23 bits per heavy atom. The molecule has 0 saturated heterocycles. The lowest BCUT2D eigenvalue weighted by Gasteiger charge is -2.16. The molecule has 0 bridgehead atoms. The van der Waals surface area contributed by atoms with Crippen molar-refractivity contribution in [3.05, 3.63) is 29.8 Å². The van der Waals surface area contributed by atoms with Gasteiger partial charge in [-0.2, -0.15) is 0 Å². The van der Waals surface area contributed by atoms with Crippen molar-refractivity contribution < 1.29 is 8.42 Å². The molecule has 1 aliphatic heterocycles. The Hall–Kier alpha value is -0.740. The third-order valence-electron chi connectivity index (χ3n) is 2.05. The van der Waals surface area contributed by atoms with Crippen molar-refractivity contribution in [2.75, 3.05) is 5.75 Å². The van der Waals surface area contributed by atoms with Crippen LogP contribution >= 0.6 is 12.2 Å². The van der Waals surface area contributed by atoms with Gasteiger partial charge < -0.3 is 0 Å². The maximum Gasteiger partial charge on any atom is 0.183 e. The Kier molecular flexibility index (Phi) is 1.96. The molecule has 0 atom stereocenters. The number of hydrogen-bond acceptors (Lipinski definition) is 3. The first-order valence-corrected chi connectivity index (χ1v) is 5.98. The Morgan fingerprint density at radius 2 is 1.92 bits per heavy atom. The molecule has 1 aromatic carbocycles. The molecule has 1 aromatic rings. The molecule has 0 N–H and O–H groups in total. The summed E-state index contributed by atoms with van der Waals surface area (Å²) in [6.45, 7) is 0. The van der Waals surface area contributed by atoms with Crippen LogP contribution in [-0.4, -0.2) is 19.0 Å². The first kappa shape index (κ1) is 8.84. The van der Waals surface area contributed by atoms with Gasteiger partial charge in [-0.1, -0.05) is 30.4 Å². The van der Waals surface area contributed by atoms with E-state index in [4.69, 9.17) is 12.2 Å². The Morgan fingerprint density at radius 3 is 2.69 bits per heavy atom. The molecule has 68 valence electrons. The molecule has 2 rings (SSSR count). The van der Waals surface area contributed by atoms with Crippen LogP contribution in [0.1, 0.15) is 5.56 Å². The van der Waals surface area contributed by atoms with Crippen LogP contribution in [0.2, 0.25) is 0 Å². The van der Waals surface area contributed by atoms with Crippen molar-refractivity contribution in [3.63, 3.8) is 0 Å². The number of sulfone groups is 1. The van der Waals surface area contributed by atoms with Gasteiger partial charge in [0.2, 0.25) is 0 Å². The molecule has 13 heavy (non-hydrogen) atoms. The first-order valence-electron chi connectivity index (χ1n) is 3.92. The second-order valence-electron chi connectivity index (χ2n) is 3.08. The van der Waals surface area contributed by atoms with E-state index in [-0.39, 0.29) is 5.75 Å². The first-order chi connectivity index (χ1) is 6.09. The second-order valence-corrected chi connectivity index (χ2v) is 5.62. The minimum absolute atomic E-state index is 0.0271. The molecule has 0 saturated carbocycles. The summed E-state index contributed by atoms with van der Waals surface area (Å²) < 4.78 is 23.2. The molecule has 0 aliphatic carbocycles. The van der Waals surface area contributed by atoms with Crippen molar-refractivity contribution in [2.45, 2.75) is 11.3 Å². The maximum atomic E-state index is 11.6. The van der Waals surface area contributed by atoms with E-state index in [1.807, 2.05) is 12.1 Å². The third-order valence-corrected chi connectivity index (χ3v) is 4.31. The van der Waals surface area contributed by atoms with Crippen LogP contribution in [0.3, 0.4) is 0 Å². The Bertz CT molecular complexity index is 460. The summed E-state index contributed by atoms with van der Waals surface area (Å²) >= 11 is 4.95.